The molecule has 3 heterocycles. The smallest absolute Gasteiger partial charge is 0.409 e. The Bertz CT molecular complexity index is 1080. The molecule has 2 aromatic rings. The predicted molar refractivity (Wildman–Crippen MR) is 143 cm³/mol. The van der Waals surface area contributed by atoms with E-state index in [1.807, 2.05) is 11.8 Å². The van der Waals surface area contributed by atoms with Crippen LogP contribution in [0.5, 0.6) is 0 Å². The van der Waals surface area contributed by atoms with Crippen molar-refractivity contribution in [1.82, 2.24) is 19.3 Å². The molecule has 0 aliphatic carbocycles. The molecular formula is C28H41N5O3. The maximum Gasteiger partial charge on any atom is 0.409 e. The van der Waals surface area contributed by atoms with E-state index >= 15 is 0 Å². The summed E-state index contributed by atoms with van der Waals surface area (Å²) >= 11 is 0. The molecule has 1 aromatic carbocycles. The van der Waals surface area contributed by atoms with Gasteiger partial charge in [-0.15, -0.1) is 0 Å². The molecule has 2 saturated heterocycles. The highest BCUT2D eigenvalue weighted by Gasteiger charge is 2.32. The van der Waals surface area contributed by atoms with Crippen LogP contribution in [-0.4, -0.2) is 96.8 Å². The van der Waals surface area contributed by atoms with E-state index in [4.69, 9.17) is 4.74 Å². The third-order valence-corrected chi connectivity index (χ3v) is 7.75. The molecule has 0 spiro atoms. The summed E-state index contributed by atoms with van der Waals surface area (Å²) in [5.41, 5.74) is 6.63. The minimum Gasteiger partial charge on any atom is -0.450 e. The molecule has 0 N–H and O–H groups in total. The number of benzene rings is 1. The van der Waals surface area contributed by atoms with Gasteiger partial charge in [0.15, 0.2) is 0 Å². The van der Waals surface area contributed by atoms with Crippen LogP contribution in [0, 0.1) is 20.8 Å². The summed E-state index contributed by atoms with van der Waals surface area (Å²) in [7, 11) is 0. The Morgan fingerprint density at radius 3 is 2.11 bits per heavy atom. The number of anilines is 1. The molecule has 0 unspecified atom stereocenters. The minimum atomic E-state index is -0.298. The van der Waals surface area contributed by atoms with Crippen LogP contribution < -0.4 is 4.90 Å². The van der Waals surface area contributed by atoms with Crippen LogP contribution in [0.3, 0.4) is 0 Å². The average Bonchev–Trinajstić information content (AvgIpc) is 3.14. The third kappa shape index (κ3) is 5.24. The number of ether oxygens (including phenoxy) is 1. The van der Waals surface area contributed by atoms with E-state index in [1.54, 1.807) is 4.90 Å². The summed E-state index contributed by atoms with van der Waals surface area (Å²) in [6.45, 7) is 18.5. The second kappa shape index (κ2) is 11.4. The SMILES string of the molecule is CCOC(=O)N1CCN(C(=O)c2c(C)c(N3CCN(CC)CC3)c(C)n2Cc2ccccc2C)CC1. The number of hydrogen-bond acceptors (Lipinski definition) is 5. The number of likely N-dealkylation sites (N-methyl/N-ethyl adjacent to an activating group) is 1. The number of piperazine rings is 2. The summed E-state index contributed by atoms with van der Waals surface area (Å²) < 4.78 is 7.37. The van der Waals surface area contributed by atoms with Crippen molar-refractivity contribution in [2.24, 2.45) is 0 Å². The standard InChI is InChI=1S/C28H41N5O3/c1-6-29-12-14-30(15-13-29)25-22(4)26(33(23(25)5)20-24-11-9-8-10-21(24)3)27(34)31-16-18-32(19-17-31)28(35)36-7-2/h8-11H,6-7,12-20H2,1-5H3. The van der Waals surface area contributed by atoms with Crippen LogP contribution >= 0.6 is 0 Å². The van der Waals surface area contributed by atoms with Crippen LogP contribution in [0.15, 0.2) is 24.3 Å². The summed E-state index contributed by atoms with van der Waals surface area (Å²) in [5, 5.41) is 0. The van der Waals surface area contributed by atoms with Crippen molar-refractivity contribution in [3.05, 3.63) is 52.3 Å². The number of aromatic nitrogens is 1. The lowest BCUT2D eigenvalue weighted by Gasteiger charge is -2.36. The summed E-state index contributed by atoms with van der Waals surface area (Å²) in [6.07, 6.45) is -0.298. The Balaban J connectivity index is 1.64. The number of amides is 2. The molecule has 196 valence electrons. The largest absolute Gasteiger partial charge is 0.450 e. The fourth-order valence-electron chi connectivity index (χ4n) is 5.52. The first-order chi connectivity index (χ1) is 17.3. The normalized spacial score (nSPS) is 17.0. The number of carbonyl (C=O) groups excluding carboxylic acids is 2. The number of rotatable bonds is 6. The maximum absolute atomic E-state index is 14.0. The Kier molecular flexibility index (Phi) is 8.24. The van der Waals surface area contributed by atoms with Gasteiger partial charge in [-0.2, -0.15) is 0 Å². The number of nitrogens with zero attached hydrogens (tertiary/aromatic N) is 5. The van der Waals surface area contributed by atoms with Gasteiger partial charge in [-0.25, -0.2) is 4.79 Å². The van der Waals surface area contributed by atoms with Crippen molar-refractivity contribution in [3.8, 4) is 0 Å². The monoisotopic (exact) mass is 495 g/mol. The Hall–Kier alpha value is -3.00. The highest BCUT2D eigenvalue weighted by Crippen LogP contribution is 2.33. The van der Waals surface area contributed by atoms with Crippen LogP contribution in [0.25, 0.3) is 0 Å². The fourth-order valence-corrected chi connectivity index (χ4v) is 5.52. The first kappa shape index (κ1) is 26.1. The van der Waals surface area contributed by atoms with Gasteiger partial charge >= 0.3 is 6.09 Å². The number of carbonyl (C=O) groups is 2. The Labute approximate surface area is 215 Å². The Morgan fingerprint density at radius 1 is 0.861 bits per heavy atom. The molecule has 0 saturated carbocycles. The topological polar surface area (TPSA) is 61.3 Å². The molecule has 2 aliphatic rings. The second-order valence-corrected chi connectivity index (χ2v) is 9.82. The summed E-state index contributed by atoms with van der Waals surface area (Å²) in [4.78, 5) is 34.7. The van der Waals surface area contributed by atoms with E-state index in [0.717, 1.165) is 49.7 Å². The van der Waals surface area contributed by atoms with Gasteiger partial charge in [-0.3, -0.25) is 4.79 Å². The highest BCUT2D eigenvalue weighted by atomic mass is 16.6. The number of hydrogen-bond donors (Lipinski definition) is 0. The van der Waals surface area contributed by atoms with Gasteiger partial charge in [0.1, 0.15) is 5.69 Å². The van der Waals surface area contributed by atoms with Crippen LogP contribution in [0.1, 0.15) is 46.7 Å². The first-order valence-corrected chi connectivity index (χ1v) is 13.3. The van der Waals surface area contributed by atoms with E-state index in [9.17, 15) is 9.59 Å². The van der Waals surface area contributed by atoms with Crippen LogP contribution in [0.2, 0.25) is 0 Å². The van der Waals surface area contributed by atoms with Crippen molar-refractivity contribution in [3.63, 3.8) is 0 Å². The third-order valence-electron chi connectivity index (χ3n) is 7.75. The molecule has 0 radical (unpaired) electrons. The van der Waals surface area contributed by atoms with E-state index in [2.05, 4.69) is 66.3 Å². The van der Waals surface area contributed by atoms with E-state index in [-0.39, 0.29) is 12.0 Å². The lowest BCUT2D eigenvalue weighted by molar-refractivity contribution is 0.0561. The van der Waals surface area contributed by atoms with Gasteiger partial charge in [-0.05, 0) is 45.4 Å². The molecule has 0 atom stereocenters. The average molecular weight is 496 g/mol. The van der Waals surface area contributed by atoms with Crippen molar-refractivity contribution < 1.29 is 14.3 Å². The van der Waals surface area contributed by atoms with Gasteiger partial charge in [0.2, 0.25) is 0 Å². The van der Waals surface area contributed by atoms with E-state index < -0.39 is 0 Å². The molecule has 8 nitrogen and oxygen atoms in total. The van der Waals surface area contributed by atoms with Gasteiger partial charge < -0.3 is 28.9 Å². The molecule has 4 rings (SSSR count). The van der Waals surface area contributed by atoms with Crippen molar-refractivity contribution >= 4 is 17.7 Å². The van der Waals surface area contributed by atoms with Gasteiger partial charge in [0.25, 0.3) is 5.91 Å². The summed E-state index contributed by atoms with van der Waals surface area (Å²) in [5.74, 6) is 0.0473. The van der Waals surface area contributed by atoms with Crippen molar-refractivity contribution in [2.45, 2.75) is 41.2 Å². The van der Waals surface area contributed by atoms with E-state index in [1.165, 1.54) is 16.8 Å². The van der Waals surface area contributed by atoms with Gasteiger partial charge in [0.05, 0.1) is 12.3 Å². The molecule has 2 aliphatic heterocycles. The molecular weight excluding hydrogens is 454 g/mol. The molecule has 2 fully saturated rings. The maximum atomic E-state index is 14.0. The molecule has 2 amide bonds. The second-order valence-electron chi connectivity index (χ2n) is 9.82. The minimum absolute atomic E-state index is 0.0473. The molecule has 36 heavy (non-hydrogen) atoms. The zero-order chi connectivity index (χ0) is 25.8. The lowest BCUT2D eigenvalue weighted by atomic mass is 10.1. The van der Waals surface area contributed by atoms with Gasteiger partial charge in [0, 0.05) is 70.2 Å². The quantitative estimate of drug-likeness (QED) is 0.614. The fraction of sp³-hybridized carbons (Fsp3) is 0.571. The zero-order valence-electron chi connectivity index (χ0n) is 22.5. The highest BCUT2D eigenvalue weighted by molar-refractivity contribution is 5.97. The summed E-state index contributed by atoms with van der Waals surface area (Å²) in [6, 6.07) is 8.40. The molecule has 1 aromatic heterocycles. The van der Waals surface area contributed by atoms with Crippen molar-refractivity contribution in [1.29, 1.82) is 0 Å². The van der Waals surface area contributed by atoms with Gasteiger partial charge in [-0.1, -0.05) is 31.2 Å². The van der Waals surface area contributed by atoms with Crippen LogP contribution in [-0.2, 0) is 11.3 Å². The zero-order valence-corrected chi connectivity index (χ0v) is 22.5. The Morgan fingerprint density at radius 2 is 1.50 bits per heavy atom. The first-order valence-electron chi connectivity index (χ1n) is 13.3. The molecule has 0 bridgehead atoms. The lowest BCUT2D eigenvalue weighted by Crippen LogP contribution is -2.51. The predicted octanol–water partition coefficient (Wildman–Crippen LogP) is 3.52. The molecule has 8 heteroatoms. The van der Waals surface area contributed by atoms with Crippen LogP contribution in [0.4, 0.5) is 10.5 Å². The van der Waals surface area contributed by atoms with Crippen molar-refractivity contribution in [2.75, 3.05) is 70.4 Å². The van der Waals surface area contributed by atoms with E-state index in [0.29, 0.717) is 39.3 Å². The number of aryl methyl sites for hydroxylation is 1.